The summed E-state index contributed by atoms with van der Waals surface area (Å²) in [5, 5.41) is 17.6. The number of aliphatic hydroxyl groups is 1. The van der Waals surface area contributed by atoms with Gasteiger partial charge in [-0.1, -0.05) is 31.5 Å². The minimum Gasteiger partial charge on any atom is -0.374 e. The van der Waals surface area contributed by atoms with E-state index in [1.54, 1.807) is 4.90 Å². The molecule has 1 saturated heterocycles. The average molecular weight is 517 g/mol. The maximum atomic E-state index is 14.3. The quantitative estimate of drug-likeness (QED) is 0.540. The van der Waals surface area contributed by atoms with Gasteiger partial charge in [0, 0.05) is 37.8 Å². The second-order valence-electron chi connectivity index (χ2n) is 10.3. The van der Waals surface area contributed by atoms with E-state index in [4.69, 9.17) is 11.6 Å². The molecule has 2 atom stereocenters. The summed E-state index contributed by atoms with van der Waals surface area (Å²) < 4.78 is 14.3. The van der Waals surface area contributed by atoms with Crippen molar-refractivity contribution < 1.29 is 19.1 Å². The van der Waals surface area contributed by atoms with Crippen LogP contribution in [0, 0.1) is 5.82 Å². The lowest BCUT2D eigenvalue weighted by Crippen LogP contribution is -2.63. The van der Waals surface area contributed by atoms with Crippen LogP contribution in [0.4, 0.5) is 16.0 Å². The minimum absolute atomic E-state index is 0.00590. The first kappa shape index (κ1) is 24.9. The van der Waals surface area contributed by atoms with Gasteiger partial charge in [0.25, 0.3) is 5.91 Å². The van der Waals surface area contributed by atoms with Crippen molar-refractivity contribution in [2.24, 2.45) is 0 Å². The van der Waals surface area contributed by atoms with Gasteiger partial charge in [-0.3, -0.25) is 9.59 Å². The lowest BCUT2D eigenvalue weighted by Gasteiger charge is -2.46. The molecule has 2 amide bonds. The van der Waals surface area contributed by atoms with Crippen molar-refractivity contribution in [2.45, 2.75) is 56.7 Å². The molecule has 11 heteroatoms. The molecule has 3 aliphatic rings. The highest BCUT2D eigenvalue weighted by Gasteiger charge is 2.57. The lowest BCUT2D eigenvalue weighted by molar-refractivity contribution is -0.156. The summed E-state index contributed by atoms with van der Waals surface area (Å²) in [7, 11) is 0. The number of nitrogens with one attached hydrogen (secondary N) is 2. The fourth-order valence-electron chi connectivity index (χ4n) is 5.17. The van der Waals surface area contributed by atoms with Crippen molar-refractivity contribution in [3.8, 4) is 0 Å². The first-order valence-corrected chi connectivity index (χ1v) is 12.6. The Kier molecular flexibility index (Phi) is 6.17. The molecule has 0 bridgehead atoms. The maximum Gasteiger partial charge on any atom is 0.261 e. The molecule has 3 N–H and O–H groups in total. The van der Waals surface area contributed by atoms with E-state index in [1.165, 1.54) is 18.5 Å². The number of aromatic nitrogens is 2. The smallest absolute Gasteiger partial charge is 0.261 e. The number of carbonyl (C=O) groups excluding carboxylic acids is 2. The van der Waals surface area contributed by atoms with E-state index in [1.807, 2.05) is 20.8 Å². The van der Waals surface area contributed by atoms with Gasteiger partial charge in [-0.25, -0.2) is 14.4 Å². The molecule has 5 rings (SSSR count). The van der Waals surface area contributed by atoms with Crippen molar-refractivity contribution in [2.75, 3.05) is 36.4 Å². The highest BCUT2D eigenvalue weighted by atomic mass is 35.5. The molecule has 1 spiro atoms. The molecule has 0 radical (unpaired) electrons. The van der Waals surface area contributed by atoms with Gasteiger partial charge < -0.3 is 25.5 Å². The topological polar surface area (TPSA) is 111 Å². The zero-order chi connectivity index (χ0) is 25.8. The first-order valence-electron chi connectivity index (χ1n) is 12.2. The number of hydrogen-bond donors (Lipinski definition) is 3. The molecule has 2 aliphatic heterocycles. The lowest BCUT2D eigenvalue weighted by atomic mass is 9.90. The summed E-state index contributed by atoms with van der Waals surface area (Å²) in [6, 6.07) is 3.99. The molecule has 2 fully saturated rings. The number of hydrogen-bond acceptors (Lipinski definition) is 7. The van der Waals surface area contributed by atoms with Crippen molar-refractivity contribution in [1.29, 1.82) is 0 Å². The van der Waals surface area contributed by atoms with Crippen molar-refractivity contribution >= 4 is 35.1 Å². The molecule has 9 nitrogen and oxygen atoms in total. The number of rotatable bonds is 6. The average Bonchev–Trinajstić information content (AvgIpc) is 3.55. The Hall–Kier alpha value is -2.82. The number of anilines is 2. The third-order valence-corrected chi connectivity index (χ3v) is 7.78. The van der Waals surface area contributed by atoms with Crippen LogP contribution in [0.2, 0.25) is 5.02 Å². The predicted octanol–water partition coefficient (Wildman–Crippen LogP) is 2.39. The molecular weight excluding hydrogens is 487 g/mol. The van der Waals surface area contributed by atoms with Crippen LogP contribution in [-0.4, -0.2) is 69.5 Å². The number of amides is 2. The van der Waals surface area contributed by atoms with E-state index in [2.05, 4.69) is 25.5 Å². The van der Waals surface area contributed by atoms with Crippen LogP contribution in [0.25, 0.3) is 0 Å². The fourth-order valence-corrected chi connectivity index (χ4v) is 5.29. The van der Waals surface area contributed by atoms with E-state index in [0.29, 0.717) is 31.3 Å². The van der Waals surface area contributed by atoms with Gasteiger partial charge in [-0.2, -0.15) is 0 Å². The largest absolute Gasteiger partial charge is 0.374 e. The number of halogens is 2. The number of nitrogens with zero attached hydrogens (tertiary/aromatic N) is 4. The zero-order valence-electron chi connectivity index (χ0n) is 20.5. The minimum atomic E-state index is -1.96. The number of benzene rings is 1. The molecule has 36 heavy (non-hydrogen) atoms. The van der Waals surface area contributed by atoms with Gasteiger partial charge in [0.2, 0.25) is 5.91 Å². The second-order valence-corrected chi connectivity index (χ2v) is 10.7. The Labute approximate surface area is 214 Å². The zero-order valence-corrected chi connectivity index (χ0v) is 21.3. The summed E-state index contributed by atoms with van der Waals surface area (Å²) in [5.74, 6) is -0.406. The van der Waals surface area contributed by atoms with E-state index in [9.17, 15) is 19.1 Å². The van der Waals surface area contributed by atoms with E-state index < -0.39 is 22.9 Å². The van der Waals surface area contributed by atoms with E-state index in [-0.39, 0.29) is 35.0 Å². The van der Waals surface area contributed by atoms with Gasteiger partial charge in [-0.05, 0) is 37.5 Å². The normalized spacial score (nSPS) is 22.0. The van der Waals surface area contributed by atoms with Crippen LogP contribution in [0.15, 0.2) is 24.5 Å². The summed E-state index contributed by atoms with van der Waals surface area (Å²) in [6.07, 6.45) is 2.99. The summed E-state index contributed by atoms with van der Waals surface area (Å²) in [4.78, 5) is 38.8. The molecule has 1 aromatic carbocycles. The summed E-state index contributed by atoms with van der Waals surface area (Å²) >= 11 is 5.87. The van der Waals surface area contributed by atoms with Crippen LogP contribution in [0.1, 0.15) is 50.7 Å². The van der Waals surface area contributed by atoms with Crippen molar-refractivity contribution in [3.63, 3.8) is 0 Å². The number of piperazine rings is 1. The molecule has 1 aromatic heterocycles. The molecule has 1 unspecified atom stereocenters. The van der Waals surface area contributed by atoms with Crippen molar-refractivity contribution in [3.05, 3.63) is 46.5 Å². The Balaban J connectivity index is 1.44. The van der Waals surface area contributed by atoms with Gasteiger partial charge in [0.05, 0.1) is 16.5 Å². The molecule has 1 aliphatic carbocycles. The van der Waals surface area contributed by atoms with Gasteiger partial charge >= 0.3 is 0 Å². The third kappa shape index (κ3) is 4.10. The first-order chi connectivity index (χ1) is 17.1. The van der Waals surface area contributed by atoms with Gasteiger partial charge in [0.15, 0.2) is 5.60 Å². The predicted molar refractivity (Wildman–Crippen MR) is 133 cm³/mol. The summed E-state index contributed by atoms with van der Waals surface area (Å²) in [5.41, 5.74) is -1.50. The Morgan fingerprint density at radius 1 is 1.36 bits per heavy atom. The van der Waals surface area contributed by atoms with E-state index in [0.717, 1.165) is 24.5 Å². The molecular formula is C25H30ClFN6O3. The molecule has 1 saturated carbocycles. The maximum absolute atomic E-state index is 14.3. The molecule has 192 valence electrons. The van der Waals surface area contributed by atoms with Gasteiger partial charge in [-0.15, -0.1) is 0 Å². The Morgan fingerprint density at radius 3 is 2.78 bits per heavy atom. The molecule has 2 aromatic rings. The SMILES string of the molecule is CC(C)NC[C@@](O)(C(=O)N1CCN(c2ncnc3c2C(C)C(=O)N3)CC12CC2)c1ccc(Cl)c(F)c1. The number of fused-ring (bicyclic) bond motifs is 1. The van der Waals surface area contributed by atoms with Crippen molar-refractivity contribution in [1.82, 2.24) is 20.2 Å². The fraction of sp³-hybridized carbons (Fsp3) is 0.520. The Bertz CT molecular complexity index is 1220. The van der Waals surface area contributed by atoms with Crippen LogP contribution in [0.5, 0.6) is 0 Å². The standard InChI is InChI=1S/C25H30ClFN6O3/c1-14(2)28-11-25(36,16-4-5-17(26)18(27)10-16)23(35)33-9-8-32(12-24(33)6-7-24)21-19-15(3)22(34)31-20(19)29-13-30-21/h4-5,10,13-15,28,36H,6-9,11-12H2,1-3H3,(H,29,30,31,34)/t15?,25-/m0/s1. The van der Waals surface area contributed by atoms with E-state index >= 15 is 0 Å². The van der Waals surface area contributed by atoms with Crippen LogP contribution in [-0.2, 0) is 15.2 Å². The highest BCUT2D eigenvalue weighted by Crippen LogP contribution is 2.48. The monoisotopic (exact) mass is 516 g/mol. The third-order valence-electron chi connectivity index (χ3n) is 7.47. The summed E-state index contributed by atoms with van der Waals surface area (Å²) in [6.45, 7) is 6.93. The van der Waals surface area contributed by atoms with Crippen LogP contribution >= 0.6 is 11.6 Å². The van der Waals surface area contributed by atoms with Gasteiger partial charge in [0.1, 0.15) is 23.8 Å². The molecule has 3 heterocycles. The highest BCUT2D eigenvalue weighted by molar-refractivity contribution is 6.30. The number of carbonyl (C=O) groups is 2. The van der Waals surface area contributed by atoms with Crippen LogP contribution in [0.3, 0.4) is 0 Å². The Morgan fingerprint density at radius 2 is 2.11 bits per heavy atom. The second kappa shape index (κ2) is 8.93. The van der Waals surface area contributed by atoms with Crippen LogP contribution < -0.4 is 15.5 Å².